The van der Waals surface area contributed by atoms with E-state index < -0.39 is 29.4 Å². The Morgan fingerprint density at radius 1 is 0.686 bits per heavy atom. The van der Waals surface area contributed by atoms with Gasteiger partial charge in [0.2, 0.25) is 0 Å². The maximum Gasteiger partial charge on any atom is 0.317 e. The zero-order valence-corrected chi connectivity index (χ0v) is 23.9. The average Bonchev–Trinajstić information content (AvgIpc) is 2.72. The molecule has 0 aromatic heterocycles. The second kappa shape index (κ2) is 11.4. The first-order valence-corrected chi connectivity index (χ1v) is 13.3. The molecule has 204 valence electrons. The Kier molecular flexibility index (Phi) is 9.81. The number of rotatable bonds is 10. The molecule has 2 heterocycles. The van der Waals surface area contributed by atoms with Crippen molar-refractivity contribution in [2.45, 2.75) is 149 Å². The molecule has 2 aliphatic heterocycles. The molecule has 0 N–H and O–H groups in total. The van der Waals surface area contributed by atoms with E-state index in [2.05, 4.69) is 41.5 Å². The van der Waals surface area contributed by atoms with E-state index in [1.807, 2.05) is 37.8 Å². The number of hydrogen-bond donors (Lipinski definition) is 0. The molecular weight excluding hydrogens is 448 g/mol. The number of carbonyl (C=O) groups excluding carboxylic acids is 2. The van der Waals surface area contributed by atoms with Gasteiger partial charge < -0.3 is 9.47 Å². The van der Waals surface area contributed by atoms with Gasteiger partial charge in [-0.2, -0.15) is 10.1 Å². The van der Waals surface area contributed by atoms with Gasteiger partial charge in [0.1, 0.15) is 18.6 Å². The number of ether oxygens (including phenoxy) is 2. The molecule has 0 radical (unpaired) electrons. The van der Waals surface area contributed by atoms with Gasteiger partial charge in [-0.3, -0.25) is 19.3 Å². The lowest BCUT2D eigenvalue weighted by atomic mass is 9.79. The summed E-state index contributed by atoms with van der Waals surface area (Å²) in [6.45, 7) is 22.0. The Hall–Kier alpha value is -1.22. The lowest BCUT2D eigenvalue weighted by Gasteiger charge is -2.54. The highest BCUT2D eigenvalue weighted by molar-refractivity contribution is 5.91. The van der Waals surface area contributed by atoms with Crippen LogP contribution in [0.15, 0.2) is 0 Å². The third-order valence-corrected chi connectivity index (χ3v) is 7.44. The highest BCUT2D eigenvalue weighted by Gasteiger charge is 2.51. The normalized spacial score (nSPS) is 27.8. The van der Waals surface area contributed by atoms with Crippen molar-refractivity contribution in [1.29, 1.82) is 0 Å². The summed E-state index contributed by atoms with van der Waals surface area (Å²) >= 11 is 0. The van der Waals surface area contributed by atoms with E-state index in [4.69, 9.17) is 19.1 Å². The van der Waals surface area contributed by atoms with Gasteiger partial charge in [-0.05, 0) is 93.9 Å². The molecule has 2 unspecified atom stereocenters. The van der Waals surface area contributed by atoms with Crippen molar-refractivity contribution in [2.75, 3.05) is 13.2 Å². The van der Waals surface area contributed by atoms with Gasteiger partial charge in [0, 0.05) is 11.1 Å². The third kappa shape index (κ3) is 6.96. The highest BCUT2D eigenvalue weighted by Crippen LogP contribution is 2.41. The van der Waals surface area contributed by atoms with E-state index in [0.29, 0.717) is 26.1 Å². The monoisotopic (exact) mass is 498 g/mol. The second-order valence-corrected chi connectivity index (χ2v) is 12.4. The molecule has 0 spiro atoms. The van der Waals surface area contributed by atoms with Crippen molar-refractivity contribution in [1.82, 2.24) is 10.1 Å². The molecule has 8 heteroatoms. The minimum Gasteiger partial charge on any atom is -0.460 e. The lowest BCUT2D eigenvalue weighted by Crippen LogP contribution is -2.65. The number of piperidine rings is 2. The summed E-state index contributed by atoms with van der Waals surface area (Å²) in [6.07, 6.45) is 3.70. The van der Waals surface area contributed by atoms with Gasteiger partial charge in [-0.25, -0.2) is 0 Å². The average molecular weight is 499 g/mol. The predicted molar refractivity (Wildman–Crippen MR) is 135 cm³/mol. The van der Waals surface area contributed by atoms with Crippen molar-refractivity contribution < 1.29 is 28.7 Å². The minimum absolute atomic E-state index is 0.174. The first-order chi connectivity index (χ1) is 16.1. The Bertz CT molecular complexity index is 673. The van der Waals surface area contributed by atoms with E-state index >= 15 is 0 Å². The van der Waals surface area contributed by atoms with E-state index in [1.165, 1.54) is 0 Å². The largest absolute Gasteiger partial charge is 0.460 e. The van der Waals surface area contributed by atoms with Crippen LogP contribution in [0.2, 0.25) is 0 Å². The molecule has 8 nitrogen and oxygen atoms in total. The quantitative estimate of drug-likeness (QED) is 0.301. The molecule has 2 rings (SSSR count). The van der Waals surface area contributed by atoms with Crippen molar-refractivity contribution in [3.63, 3.8) is 0 Å². The molecule has 0 bridgehead atoms. The maximum atomic E-state index is 12.8. The number of hydroxylamine groups is 4. The zero-order valence-electron chi connectivity index (χ0n) is 23.9. The summed E-state index contributed by atoms with van der Waals surface area (Å²) in [4.78, 5) is 37.7. The first kappa shape index (κ1) is 30.0. The fourth-order valence-corrected chi connectivity index (χ4v) is 5.67. The summed E-state index contributed by atoms with van der Waals surface area (Å²) < 4.78 is 11.7. The van der Waals surface area contributed by atoms with Crippen molar-refractivity contribution in [3.05, 3.63) is 0 Å². The minimum atomic E-state index is -0.559. The lowest BCUT2D eigenvalue weighted by molar-refractivity contribution is -0.305. The number of nitrogens with zero attached hydrogens (tertiary/aromatic N) is 2. The molecule has 35 heavy (non-hydrogen) atoms. The molecular formula is C27H50N2O6. The van der Waals surface area contributed by atoms with Gasteiger partial charge in [-0.15, -0.1) is 0 Å². The first-order valence-electron chi connectivity index (χ1n) is 13.3. The van der Waals surface area contributed by atoms with Gasteiger partial charge >= 0.3 is 11.9 Å². The van der Waals surface area contributed by atoms with Crippen molar-refractivity contribution in [3.8, 4) is 0 Å². The van der Waals surface area contributed by atoms with Crippen LogP contribution in [0.25, 0.3) is 0 Å². The molecule has 0 aliphatic carbocycles. The Morgan fingerprint density at radius 3 is 1.34 bits per heavy atom. The summed E-state index contributed by atoms with van der Waals surface area (Å²) in [5.74, 6) is -1.12. The predicted octanol–water partition coefficient (Wildman–Crippen LogP) is 5.19. The Morgan fingerprint density at radius 2 is 1.03 bits per heavy atom. The van der Waals surface area contributed by atoms with Gasteiger partial charge in [0.15, 0.2) is 0 Å². The number of esters is 2. The van der Waals surface area contributed by atoms with E-state index in [0.717, 1.165) is 25.7 Å². The number of carbonyl (C=O) groups is 2. The summed E-state index contributed by atoms with van der Waals surface area (Å²) in [6, 6.07) is 0. The van der Waals surface area contributed by atoms with Gasteiger partial charge in [0.05, 0.1) is 24.3 Å². The Labute approximate surface area is 212 Å². The highest BCUT2D eigenvalue weighted by atomic mass is 16.7. The SMILES string of the molecule is CCCON1C(C)(C)CCC(OC(=O)CC(=O)OC2CCC(C)(C)N(OCCC)C2(C)C)C1(C)C. The molecule has 0 saturated carbocycles. The third-order valence-electron chi connectivity index (χ3n) is 7.44. The molecule has 2 fully saturated rings. The maximum absolute atomic E-state index is 12.8. The standard InChI is InChI=1S/C27H50N2O6/c1-11-17-32-28-24(3,4)15-13-20(26(28,7)8)34-22(30)19-23(31)35-21-14-16-25(5,6)29(27(21,9)10)33-18-12-2/h20-21H,11-19H2,1-10H3. The fraction of sp³-hybridized carbons (Fsp3) is 0.926. The molecule has 0 aromatic rings. The summed E-state index contributed by atoms with van der Waals surface area (Å²) in [7, 11) is 0. The zero-order chi connectivity index (χ0) is 26.7. The smallest absolute Gasteiger partial charge is 0.317 e. The van der Waals surface area contributed by atoms with Crippen LogP contribution in [-0.4, -0.2) is 69.6 Å². The topological polar surface area (TPSA) is 77.5 Å². The van der Waals surface area contributed by atoms with Crippen LogP contribution in [0.4, 0.5) is 0 Å². The molecule has 2 saturated heterocycles. The molecule has 2 atom stereocenters. The Balaban J connectivity index is 2.00. The van der Waals surface area contributed by atoms with E-state index in [9.17, 15) is 9.59 Å². The summed E-state index contributed by atoms with van der Waals surface area (Å²) in [5.41, 5.74) is -1.39. The van der Waals surface area contributed by atoms with Crippen LogP contribution in [0, 0.1) is 0 Å². The molecule has 2 aliphatic rings. The van der Waals surface area contributed by atoms with Crippen LogP contribution in [-0.2, 0) is 28.7 Å². The molecule has 0 amide bonds. The molecule has 0 aromatic carbocycles. The summed E-state index contributed by atoms with van der Waals surface area (Å²) in [5, 5.41) is 3.95. The fourth-order valence-electron chi connectivity index (χ4n) is 5.67. The van der Waals surface area contributed by atoms with Crippen LogP contribution in [0.1, 0.15) is 114 Å². The van der Waals surface area contributed by atoms with Crippen LogP contribution in [0.3, 0.4) is 0 Å². The van der Waals surface area contributed by atoms with E-state index in [1.54, 1.807) is 0 Å². The van der Waals surface area contributed by atoms with Crippen molar-refractivity contribution >= 4 is 11.9 Å². The van der Waals surface area contributed by atoms with Crippen LogP contribution in [0.5, 0.6) is 0 Å². The van der Waals surface area contributed by atoms with Crippen molar-refractivity contribution in [2.24, 2.45) is 0 Å². The van der Waals surface area contributed by atoms with Gasteiger partial charge in [-0.1, -0.05) is 13.8 Å². The van der Waals surface area contributed by atoms with Gasteiger partial charge in [0.25, 0.3) is 0 Å². The van der Waals surface area contributed by atoms with Crippen LogP contribution >= 0.6 is 0 Å². The second-order valence-electron chi connectivity index (χ2n) is 12.4. The van der Waals surface area contributed by atoms with E-state index in [-0.39, 0.29) is 23.3 Å². The number of hydrogen-bond acceptors (Lipinski definition) is 8. The van der Waals surface area contributed by atoms with Crippen LogP contribution < -0.4 is 0 Å².